The number of methoxy groups -OCH3 is 1. The molecule has 5 rings (SSSR count). The molecule has 2 heterocycles. The monoisotopic (exact) mass is 505 g/mol. The van der Waals surface area contributed by atoms with Gasteiger partial charge in [0.2, 0.25) is 5.91 Å². The number of benzene rings is 3. The Morgan fingerprint density at radius 1 is 0.789 bits per heavy atom. The molecular formula is C32H31N3O3. The minimum atomic E-state index is -0.0346. The molecule has 0 aliphatic carbocycles. The first-order chi connectivity index (χ1) is 18.5. The van der Waals surface area contributed by atoms with E-state index < -0.39 is 0 Å². The third-order valence-electron chi connectivity index (χ3n) is 6.95. The Kier molecular flexibility index (Phi) is 7.40. The predicted molar refractivity (Wildman–Crippen MR) is 150 cm³/mol. The Morgan fingerprint density at radius 3 is 2.13 bits per heavy atom. The molecule has 38 heavy (non-hydrogen) atoms. The summed E-state index contributed by atoms with van der Waals surface area (Å²) in [5.74, 6) is 0.705. The fraction of sp³-hybridized carbons (Fsp3) is 0.188. The second-order valence-electron chi connectivity index (χ2n) is 9.29. The van der Waals surface area contributed by atoms with E-state index in [1.807, 2.05) is 109 Å². The summed E-state index contributed by atoms with van der Waals surface area (Å²) in [7, 11) is 1.65. The summed E-state index contributed by atoms with van der Waals surface area (Å²) in [6, 6.07) is 29.7. The summed E-state index contributed by atoms with van der Waals surface area (Å²) in [4.78, 5) is 30.1. The van der Waals surface area contributed by atoms with Gasteiger partial charge < -0.3 is 19.1 Å². The summed E-state index contributed by atoms with van der Waals surface area (Å²) in [5, 5.41) is 0. The lowest BCUT2D eigenvalue weighted by Gasteiger charge is -2.34. The van der Waals surface area contributed by atoms with Crippen LogP contribution in [0.2, 0.25) is 0 Å². The van der Waals surface area contributed by atoms with Crippen LogP contribution < -0.4 is 4.74 Å². The molecule has 1 aliphatic rings. The molecule has 6 heteroatoms. The number of carbonyl (C=O) groups is 2. The maximum atomic E-state index is 13.7. The van der Waals surface area contributed by atoms with Gasteiger partial charge in [-0.2, -0.15) is 0 Å². The smallest absolute Gasteiger partial charge is 0.255 e. The molecule has 1 saturated heterocycles. The van der Waals surface area contributed by atoms with Gasteiger partial charge in [-0.1, -0.05) is 60.7 Å². The van der Waals surface area contributed by atoms with Crippen molar-refractivity contribution in [2.24, 2.45) is 0 Å². The van der Waals surface area contributed by atoms with Crippen molar-refractivity contribution in [3.05, 3.63) is 114 Å². The van der Waals surface area contributed by atoms with Gasteiger partial charge >= 0.3 is 0 Å². The van der Waals surface area contributed by atoms with Gasteiger partial charge in [-0.3, -0.25) is 9.59 Å². The van der Waals surface area contributed by atoms with E-state index in [4.69, 9.17) is 4.74 Å². The van der Waals surface area contributed by atoms with Crippen LogP contribution in [0.3, 0.4) is 0 Å². The fourth-order valence-corrected chi connectivity index (χ4v) is 4.87. The molecule has 0 unspecified atom stereocenters. The van der Waals surface area contributed by atoms with E-state index in [-0.39, 0.29) is 11.8 Å². The first-order valence-corrected chi connectivity index (χ1v) is 12.8. The van der Waals surface area contributed by atoms with Gasteiger partial charge in [-0.25, -0.2) is 0 Å². The molecule has 1 aromatic heterocycles. The van der Waals surface area contributed by atoms with E-state index in [1.54, 1.807) is 18.1 Å². The molecule has 0 atom stereocenters. The van der Waals surface area contributed by atoms with Crippen LogP contribution in [0.1, 0.15) is 21.6 Å². The van der Waals surface area contributed by atoms with Crippen LogP contribution in [0.4, 0.5) is 0 Å². The van der Waals surface area contributed by atoms with Gasteiger partial charge in [-0.05, 0) is 48.9 Å². The number of amides is 2. The molecule has 4 aromatic rings. The van der Waals surface area contributed by atoms with Crippen molar-refractivity contribution in [3.8, 4) is 22.7 Å². The Balaban J connectivity index is 1.37. The van der Waals surface area contributed by atoms with Crippen molar-refractivity contribution in [3.63, 3.8) is 0 Å². The second kappa shape index (κ2) is 11.2. The molecule has 2 amide bonds. The number of carbonyl (C=O) groups excluding carboxylic acids is 2. The van der Waals surface area contributed by atoms with Crippen LogP contribution in [0.5, 0.6) is 5.75 Å². The van der Waals surface area contributed by atoms with E-state index in [2.05, 4.69) is 4.57 Å². The molecule has 0 bridgehead atoms. The molecule has 192 valence electrons. The molecule has 0 radical (unpaired) electrons. The highest BCUT2D eigenvalue weighted by Gasteiger charge is 2.27. The van der Waals surface area contributed by atoms with Crippen LogP contribution in [0.15, 0.2) is 97.1 Å². The number of hydrogen-bond acceptors (Lipinski definition) is 3. The number of nitrogens with zero attached hydrogens (tertiary/aromatic N) is 3. The lowest BCUT2D eigenvalue weighted by Crippen LogP contribution is -2.50. The van der Waals surface area contributed by atoms with Crippen LogP contribution in [0, 0.1) is 6.92 Å². The van der Waals surface area contributed by atoms with Gasteiger partial charge in [0, 0.05) is 49.2 Å². The minimum absolute atomic E-state index is 0.0201. The largest absolute Gasteiger partial charge is 0.497 e. The third-order valence-corrected chi connectivity index (χ3v) is 6.95. The van der Waals surface area contributed by atoms with E-state index in [0.29, 0.717) is 31.7 Å². The SMILES string of the molecule is COc1cccc(-c2cc(C(=O)N3CCN(C(=O)/C=C/c4ccccc4)CC3)c(C)n2-c2ccccc2)c1. The zero-order chi connectivity index (χ0) is 26.5. The number of piperazine rings is 1. The molecule has 1 fully saturated rings. The van der Waals surface area contributed by atoms with Gasteiger partial charge in [-0.15, -0.1) is 0 Å². The number of para-hydroxylation sites is 1. The number of rotatable bonds is 6. The van der Waals surface area contributed by atoms with E-state index in [0.717, 1.165) is 34.0 Å². The summed E-state index contributed by atoms with van der Waals surface area (Å²) < 4.78 is 7.57. The molecule has 6 nitrogen and oxygen atoms in total. The normalized spacial score (nSPS) is 13.6. The van der Waals surface area contributed by atoms with Gasteiger partial charge in [0.05, 0.1) is 18.4 Å². The highest BCUT2D eigenvalue weighted by molar-refractivity contribution is 5.98. The van der Waals surface area contributed by atoms with E-state index >= 15 is 0 Å². The Labute approximate surface area is 223 Å². The third kappa shape index (κ3) is 5.25. The van der Waals surface area contributed by atoms with Gasteiger partial charge in [0.15, 0.2) is 0 Å². The quantitative estimate of drug-likeness (QED) is 0.327. The Morgan fingerprint density at radius 2 is 1.45 bits per heavy atom. The van der Waals surface area contributed by atoms with Crippen molar-refractivity contribution in [1.82, 2.24) is 14.4 Å². The predicted octanol–water partition coefficient (Wildman–Crippen LogP) is 5.46. The number of ether oxygens (including phenoxy) is 1. The average molecular weight is 506 g/mol. The van der Waals surface area contributed by atoms with Gasteiger partial charge in [0.25, 0.3) is 5.91 Å². The minimum Gasteiger partial charge on any atom is -0.497 e. The Bertz CT molecular complexity index is 1450. The van der Waals surface area contributed by atoms with Crippen LogP contribution in [-0.4, -0.2) is 59.5 Å². The standard InChI is InChI=1S/C32H31N3O3/c1-24-29(23-30(26-12-9-15-28(22-26)38-2)35(24)27-13-7-4-8-14-27)32(37)34-20-18-33(19-21-34)31(36)17-16-25-10-5-3-6-11-25/h3-17,22-23H,18-21H2,1-2H3/b17-16+. The number of aromatic nitrogens is 1. The van der Waals surface area contributed by atoms with Crippen molar-refractivity contribution >= 4 is 17.9 Å². The van der Waals surface area contributed by atoms with Crippen molar-refractivity contribution in [1.29, 1.82) is 0 Å². The van der Waals surface area contributed by atoms with E-state index in [1.165, 1.54) is 0 Å². The van der Waals surface area contributed by atoms with Crippen LogP contribution >= 0.6 is 0 Å². The van der Waals surface area contributed by atoms with Crippen LogP contribution in [0.25, 0.3) is 23.0 Å². The summed E-state index contributed by atoms with van der Waals surface area (Å²) in [6.07, 6.45) is 3.44. The van der Waals surface area contributed by atoms with E-state index in [9.17, 15) is 9.59 Å². The first kappa shape index (κ1) is 25.1. The van der Waals surface area contributed by atoms with Crippen molar-refractivity contribution in [2.75, 3.05) is 33.3 Å². The van der Waals surface area contributed by atoms with Crippen LogP contribution in [-0.2, 0) is 4.79 Å². The highest BCUT2D eigenvalue weighted by atomic mass is 16.5. The zero-order valence-corrected chi connectivity index (χ0v) is 21.7. The summed E-state index contributed by atoms with van der Waals surface area (Å²) >= 11 is 0. The first-order valence-electron chi connectivity index (χ1n) is 12.8. The maximum absolute atomic E-state index is 13.7. The number of hydrogen-bond donors (Lipinski definition) is 0. The average Bonchev–Trinajstić information content (AvgIpc) is 3.33. The molecular weight excluding hydrogens is 474 g/mol. The molecule has 0 spiro atoms. The van der Waals surface area contributed by atoms with Crippen molar-refractivity contribution < 1.29 is 14.3 Å². The van der Waals surface area contributed by atoms with Crippen molar-refractivity contribution in [2.45, 2.75) is 6.92 Å². The summed E-state index contributed by atoms with van der Waals surface area (Å²) in [5.41, 5.74) is 5.41. The maximum Gasteiger partial charge on any atom is 0.255 e. The lowest BCUT2D eigenvalue weighted by molar-refractivity contribution is -0.127. The zero-order valence-electron chi connectivity index (χ0n) is 21.7. The highest BCUT2D eigenvalue weighted by Crippen LogP contribution is 2.32. The van der Waals surface area contributed by atoms with Gasteiger partial charge in [0.1, 0.15) is 5.75 Å². The second-order valence-corrected chi connectivity index (χ2v) is 9.29. The molecule has 0 N–H and O–H groups in total. The fourth-order valence-electron chi connectivity index (χ4n) is 4.87. The Hall–Kier alpha value is -4.58. The topological polar surface area (TPSA) is 54.8 Å². The molecule has 1 aliphatic heterocycles. The molecule has 3 aromatic carbocycles. The summed E-state index contributed by atoms with van der Waals surface area (Å²) in [6.45, 7) is 3.98. The lowest BCUT2D eigenvalue weighted by atomic mass is 10.1. The molecule has 0 saturated carbocycles.